The first-order chi connectivity index (χ1) is 11.1. The first-order valence-corrected chi connectivity index (χ1v) is 6.64. The molecule has 7 nitrogen and oxygen atoms in total. The van der Waals surface area contributed by atoms with E-state index in [0.29, 0.717) is 11.3 Å². The number of aliphatic carboxylic acids is 2. The lowest BCUT2D eigenvalue weighted by Gasteiger charge is -2.10. The van der Waals surface area contributed by atoms with Gasteiger partial charge in [0.1, 0.15) is 5.75 Å². The molecule has 0 aliphatic rings. The van der Waals surface area contributed by atoms with Crippen LogP contribution in [0.5, 0.6) is 5.75 Å². The average Bonchev–Trinajstić information content (AvgIpc) is 2.54. The lowest BCUT2D eigenvalue weighted by molar-refractivity contribution is -0.139. The lowest BCUT2D eigenvalue weighted by atomic mass is 10.1. The summed E-state index contributed by atoms with van der Waals surface area (Å²) in [6, 6.07) is 15.0. The Hall–Kier alpha value is -3.35. The zero-order valence-electron chi connectivity index (χ0n) is 12.0. The van der Waals surface area contributed by atoms with E-state index in [2.05, 4.69) is 10.5 Å². The van der Waals surface area contributed by atoms with Gasteiger partial charge >= 0.3 is 11.9 Å². The zero-order chi connectivity index (χ0) is 16.7. The second-order valence-electron chi connectivity index (χ2n) is 4.42. The van der Waals surface area contributed by atoms with Crippen LogP contribution in [0.15, 0.2) is 59.7 Å². The number of carboxylic acid groups (broad SMARTS) is 2. The van der Waals surface area contributed by atoms with E-state index in [-0.39, 0.29) is 11.5 Å². The number of rotatable bonds is 7. The highest BCUT2D eigenvalue weighted by atomic mass is 16.5. The van der Waals surface area contributed by atoms with E-state index >= 15 is 0 Å². The Morgan fingerprint density at radius 1 is 1.00 bits per heavy atom. The van der Waals surface area contributed by atoms with Crippen LogP contribution in [0.2, 0.25) is 0 Å². The third-order valence-corrected chi connectivity index (χ3v) is 2.78. The van der Waals surface area contributed by atoms with Crippen molar-refractivity contribution in [1.82, 2.24) is 0 Å². The van der Waals surface area contributed by atoms with Crippen molar-refractivity contribution in [1.29, 1.82) is 0 Å². The molecular weight excluding hydrogens is 300 g/mol. The molecule has 0 spiro atoms. The molecule has 0 aliphatic carbocycles. The molecule has 0 amide bonds. The van der Waals surface area contributed by atoms with Crippen molar-refractivity contribution in [2.75, 3.05) is 12.0 Å². The number of ether oxygens (including phenoxy) is 1. The van der Waals surface area contributed by atoms with Crippen LogP contribution >= 0.6 is 0 Å². The van der Waals surface area contributed by atoms with E-state index in [1.807, 2.05) is 0 Å². The third-order valence-electron chi connectivity index (χ3n) is 2.78. The van der Waals surface area contributed by atoms with Crippen LogP contribution in [0, 0.1) is 0 Å². The summed E-state index contributed by atoms with van der Waals surface area (Å²) in [6.07, 6.45) is 0. The smallest absolute Gasteiger partial charge is 0.356 e. The summed E-state index contributed by atoms with van der Waals surface area (Å²) < 4.78 is 5.12. The number of nitrogens with zero attached hydrogens (tertiary/aromatic N) is 1. The normalized spacial score (nSPS) is 10.9. The summed E-state index contributed by atoms with van der Waals surface area (Å²) in [5.41, 5.74) is 3.24. The molecule has 0 aromatic heterocycles. The second-order valence-corrected chi connectivity index (χ2v) is 4.42. The van der Waals surface area contributed by atoms with Gasteiger partial charge in [-0.3, -0.25) is 5.43 Å². The molecule has 23 heavy (non-hydrogen) atoms. The number of hydrogen-bond donors (Lipinski definition) is 3. The van der Waals surface area contributed by atoms with Crippen LogP contribution in [0.25, 0.3) is 0 Å². The molecule has 0 heterocycles. The standard InChI is InChI=1S/C16H14N2O5/c19-14(20)10-23-13-9-5-4-8-12(13)17-18-15(16(21)22)11-6-2-1-3-7-11/h1-9,17H,10H2,(H,19,20)(H,21,22)/b18-15+. The van der Waals surface area contributed by atoms with E-state index in [1.165, 1.54) is 0 Å². The predicted molar refractivity (Wildman–Crippen MR) is 83.8 cm³/mol. The molecule has 2 rings (SSSR count). The van der Waals surface area contributed by atoms with E-state index in [4.69, 9.17) is 9.84 Å². The minimum absolute atomic E-state index is 0.168. The van der Waals surface area contributed by atoms with Crippen molar-refractivity contribution in [3.8, 4) is 5.75 Å². The number of carboxylic acids is 2. The molecule has 0 saturated carbocycles. The summed E-state index contributed by atoms with van der Waals surface area (Å²) in [5.74, 6) is -2.04. The van der Waals surface area contributed by atoms with Gasteiger partial charge < -0.3 is 14.9 Å². The van der Waals surface area contributed by atoms with Crippen LogP contribution in [0.4, 0.5) is 5.69 Å². The van der Waals surface area contributed by atoms with Crippen LogP contribution in [-0.2, 0) is 9.59 Å². The number of anilines is 1. The first kappa shape index (κ1) is 16.0. The Balaban J connectivity index is 2.23. The van der Waals surface area contributed by atoms with Crippen LogP contribution in [0.1, 0.15) is 5.56 Å². The van der Waals surface area contributed by atoms with E-state index < -0.39 is 18.5 Å². The Kier molecular flexibility index (Phi) is 5.30. The van der Waals surface area contributed by atoms with Gasteiger partial charge in [0.2, 0.25) is 0 Å². The largest absolute Gasteiger partial charge is 0.480 e. The van der Waals surface area contributed by atoms with Gasteiger partial charge in [0.25, 0.3) is 0 Å². The molecule has 0 unspecified atom stereocenters. The summed E-state index contributed by atoms with van der Waals surface area (Å²) >= 11 is 0. The summed E-state index contributed by atoms with van der Waals surface area (Å²) in [7, 11) is 0. The highest BCUT2D eigenvalue weighted by Gasteiger charge is 2.13. The fourth-order valence-corrected chi connectivity index (χ4v) is 1.77. The summed E-state index contributed by atoms with van der Waals surface area (Å²) in [4.78, 5) is 21.9. The van der Waals surface area contributed by atoms with Gasteiger partial charge in [-0.05, 0) is 12.1 Å². The first-order valence-electron chi connectivity index (χ1n) is 6.64. The molecule has 2 aromatic rings. The number of hydrazone groups is 1. The minimum Gasteiger partial charge on any atom is -0.480 e. The van der Waals surface area contributed by atoms with Gasteiger partial charge in [0.05, 0.1) is 5.69 Å². The number of benzene rings is 2. The monoisotopic (exact) mass is 314 g/mol. The zero-order valence-corrected chi connectivity index (χ0v) is 12.0. The molecule has 0 bridgehead atoms. The maximum Gasteiger partial charge on any atom is 0.356 e. The van der Waals surface area contributed by atoms with Crippen molar-refractivity contribution >= 4 is 23.3 Å². The topological polar surface area (TPSA) is 108 Å². The Bertz CT molecular complexity index is 728. The fourth-order valence-electron chi connectivity index (χ4n) is 1.77. The van der Waals surface area contributed by atoms with E-state index in [1.54, 1.807) is 54.6 Å². The lowest BCUT2D eigenvalue weighted by Crippen LogP contribution is -2.16. The van der Waals surface area contributed by atoms with Crippen LogP contribution in [0.3, 0.4) is 0 Å². The molecule has 118 valence electrons. The van der Waals surface area contributed by atoms with Gasteiger partial charge in [-0.1, -0.05) is 42.5 Å². The highest BCUT2D eigenvalue weighted by molar-refractivity contribution is 6.42. The molecule has 0 saturated heterocycles. The number of hydrogen-bond acceptors (Lipinski definition) is 5. The van der Waals surface area contributed by atoms with Crippen molar-refractivity contribution in [3.05, 3.63) is 60.2 Å². The van der Waals surface area contributed by atoms with Crippen LogP contribution < -0.4 is 10.2 Å². The number of nitrogens with one attached hydrogen (secondary N) is 1. The van der Waals surface area contributed by atoms with Gasteiger partial charge in [-0.25, -0.2) is 9.59 Å². The molecular formula is C16H14N2O5. The SMILES string of the molecule is O=C(O)COc1ccccc1N/N=C(/C(=O)O)c1ccccc1. The van der Waals surface area contributed by atoms with Crippen molar-refractivity contribution < 1.29 is 24.5 Å². The summed E-state index contributed by atoms with van der Waals surface area (Å²) in [6.45, 7) is -0.507. The van der Waals surface area contributed by atoms with Gasteiger partial charge in [0, 0.05) is 5.56 Å². The molecule has 0 aliphatic heterocycles. The Morgan fingerprint density at radius 3 is 2.30 bits per heavy atom. The molecule has 0 atom stereocenters. The number of carbonyl (C=O) groups is 2. The van der Waals surface area contributed by atoms with Crippen molar-refractivity contribution in [3.63, 3.8) is 0 Å². The van der Waals surface area contributed by atoms with E-state index in [0.717, 1.165) is 0 Å². The average molecular weight is 314 g/mol. The number of para-hydroxylation sites is 2. The van der Waals surface area contributed by atoms with E-state index in [9.17, 15) is 14.7 Å². The maximum atomic E-state index is 11.3. The van der Waals surface area contributed by atoms with Gasteiger partial charge in [0.15, 0.2) is 12.3 Å². The molecule has 3 N–H and O–H groups in total. The molecule has 7 heteroatoms. The highest BCUT2D eigenvalue weighted by Crippen LogP contribution is 2.23. The minimum atomic E-state index is -1.19. The second kappa shape index (κ2) is 7.60. The van der Waals surface area contributed by atoms with Crippen molar-refractivity contribution in [2.45, 2.75) is 0 Å². The Labute approximate surface area is 131 Å². The summed E-state index contributed by atoms with van der Waals surface area (Å²) in [5, 5.41) is 21.8. The predicted octanol–water partition coefficient (Wildman–Crippen LogP) is 2.05. The van der Waals surface area contributed by atoms with Crippen molar-refractivity contribution in [2.24, 2.45) is 5.10 Å². The molecule has 2 aromatic carbocycles. The molecule has 0 fully saturated rings. The maximum absolute atomic E-state index is 11.3. The Morgan fingerprint density at radius 2 is 1.65 bits per heavy atom. The quantitative estimate of drug-likeness (QED) is 0.533. The third kappa shape index (κ3) is 4.57. The fraction of sp³-hybridized carbons (Fsp3) is 0.0625. The van der Waals surface area contributed by atoms with Crippen LogP contribution in [-0.4, -0.2) is 34.5 Å². The van der Waals surface area contributed by atoms with Gasteiger partial charge in [-0.2, -0.15) is 5.10 Å². The van der Waals surface area contributed by atoms with Gasteiger partial charge in [-0.15, -0.1) is 0 Å². The molecule has 0 radical (unpaired) electrons.